The molecule has 0 aliphatic carbocycles. The van der Waals surface area contributed by atoms with E-state index in [4.69, 9.17) is 4.98 Å². The molecule has 0 radical (unpaired) electrons. The van der Waals surface area contributed by atoms with Crippen LogP contribution in [0, 0.1) is 0 Å². The Balaban J connectivity index is 1.80. The first kappa shape index (κ1) is 18.8. The third kappa shape index (κ3) is 3.47. The van der Waals surface area contributed by atoms with Crippen LogP contribution in [0.1, 0.15) is 19.3 Å². The Labute approximate surface area is 165 Å². The lowest BCUT2D eigenvalue weighted by Crippen LogP contribution is -2.30. The maximum Gasteiger partial charge on any atom is 0.243 e. The highest BCUT2D eigenvalue weighted by Gasteiger charge is 2.22. The van der Waals surface area contributed by atoms with Crippen molar-refractivity contribution in [2.75, 3.05) is 32.1 Å². The first-order valence-corrected chi connectivity index (χ1v) is 10.9. The third-order valence-corrected chi connectivity index (χ3v) is 7.04. The highest BCUT2D eigenvalue weighted by Crippen LogP contribution is 2.31. The zero-order chi connectivity index (χ0) is 19.7. The maximum absolute atomic E-state index is 12.7. The summed E-state index contributed by atoms with van der Waals surface area (Å²) in [5, 5.41) is 0. The molecule has 146 valence electrons. The molecule has 0 bridgehead atoms. The molecular formula is C21H24N4O2S. The molecule has 0 spiro atoms. The van der Waals surface area contributed by atoms with Crippen LogP contribution >= 0.6 is 0 Å². The molecule has 1 aliphatic rings. The van der Waals surface area contributed by atoms with Gasteiger partial charge in [0.05, 0.1) is 22.1 Å². The monoisotopic (exact) mass is 396 g/mol. The third-order valence-electron chi connectivity index (χ3n) is 5.17. The summed E-state index contributed by atoms with van der Waals surface area (Å²) in [5.74, 6) is 0.888. The number of piperidine rings is 1. The molecular weight excluding hydrogens is 372 g/mol. The number of hydrogen-bond acceptors (Lipinski definition) is 5. The van der Waals surface area contributed by atoms with Crippen LogP contribution in [0.5, 0.6) is 0 Å². The van der Waals surface area contributed by atoms with Crippen molar-refractivity contribution in [3.8, 4) is 11.1 Å². The number of aromatic nitrogens is 2. The lowest BCUT2D eigenvalue weighted by Gasteiger charge is -2.27. The minimum Gasteiger partial charge on any atom is -0.355 e. The molecule has 1 saturated heterocycles. The molecule has 2 aromatic carbocycles. The molecule has 4 rings (SSSR count). The average Bonchev–Trinajstić information content (AvgIpc) is 2.73. The molecule has 1 fully saturated rings. The molecule has 28 heavy (non-hydrogen) atoms. The number of hydrogen-bond donors (Lipinski definition) is 0. The van der Waals surface area contributed by atoms with E-state index < -0.39 is 10.0 Å². The van der Waals surface area contributed by atoms with E-state index in [9.17, 15) is 8.42 Å². The Bertz CT molecular complexity index is 1110. The van der Waals surface area contributed by atoms with Gasteiger partial charge in [-0.05, 0) is 43.0 Å². The van der Waals surface area contributed by atoms with Crippen LogP contribution in [0.3, 0.4) is 0 Å². The average molecular weight is 397 g/mol. The summed E-state index contributed by atoms with van der Waals surface area (Å²) in [5.41, 5.74) is 3.07. The summed E-state index contributed by atoms with van der Waals surface area (Å²) in [6.45, 7) is 2.01. The van der Waals surface area contributed by atoms with Gasteiger partial charge in [0.15, 0.2) is 0 Å². The van der Waals surface area contributed by atoms with E-state index in [-0.39, 0.29) is 0 Å². The van der Waals surface area contributed by atoms with Crippen molar-refractivity contribution in [2.24, 2.45) is 0 Å². The number of sulfonamides is 1. The Morgan fingerprint density at radius 3 is 2.46 bits per heavy atom. The number of rotatable bonds is 4. The van der Waals surface area contributed by atoms with Gasteiger partial charge in [-0.1, -0.05) is 24.3 Å². The van der Waals surface area contributed by atoms with Crippen molar-refractivity contribution in [1.82, 2.24) is 14.3 Å². The van der Waals surface area contributed by atoms with Gasteiger partial charge in [-0.2, -0.15) is 0 Å². The quantitative estimate of drug-likeness (QED) is 0.675. The van der Waals surface area contributed by atoms with Gasteiger partial charge in [-0.25, -0.2) is 17.7 Å². The number of fused-ring (bicyclic) bond motifs is 1. The van der Waals surface area contributed by atoms with E-state index in [0.29, 0.717) is 10.5 Å². The van der Waals surface area contributed by atoms with Crippen molar-refractivity contribution in [2.45, 2.75) is 24.2 Å². The van der Waals surface area contributed by atoms with Crippen molar-refractivity contribution < 1.29 is 8.42 Å². The van der Waals surface area contributed by atoms with E-state index in [1.807, 2.05) is 36.5 Å². The second-order valence-corrected chi connectivity index (χ2v) is 9.38. The molecule has 2 heterocycles. The molecule has 1 aromatic heterocycles. The Morgan fingerprint density at radius 2 is 1.71 bits per heavy atom. The topological polar surface area (TPSA) is 66.4 Å². The van der Waals surface area contributed by atoms with E-state index in [1.54, 1.807) is 26.2 Å². The van der Waals surface area contributed by atoms with Crippen LogP contribution in [-0.4, -0.2) is 49.9 Å². The maximum atomic E-state index is 12.7. The van der Waals surface area contributed by atoms with Crippen LogP contribution in [0.15, 0.2) is 53.6 Å². The largest absolute Gasteiger partial charge is 0.355 e. The van der Waals surface area contributed by atoms with Gasteiger partial charge in [0, 0.05) is 32.7 Å². The number of anilines is 1. The van der Waals surface area contributed by atoms with Gasteiger partial charge in [0.25, 0.3) is 0 Å². The smallest absolute Gasteiger partial charge is 0.243 e. The Morgan fingerprint density at radius 1 is 0.964 bits per heavy atom. The van der Waals surface area contributed by atoms with E-state index in [1.165, 1.54) is 23.6 Å². The first-order chi connectivity index (χ1) is 13.5. The zero-order valence-electron chi connectivity index (χ0n) is 16.2. The van der Waals surface area contributed by atoms with Gasteiger partial charge < -0.3 is 4.90 Å². The first-order valence-electron chi connectivity index (χ1n) is 9.50. The normalized spacial score (nSPS) is 15.3. The van der Waals surface area contributed by atoms with Gasteiger partial charge >= 0.3 is 0 Å². The molecule has 0 saturated carbocycles. The van der Waals surface area contributed by atoms with Gasteiger partial charge in [0.1, 0.15) is 5.82 Å². The standard InChI is InChI=1S/C21H24N4O2S/c1-24(2)28(26,27)20-9-5-4-8-17(20)16-10-11-18-19(14-16)23-21(15-22-18)25-12-6-3-7-13-25/h4-5,8-11,14-15H,3,6-7,12-13H2,1-2H3. The van der Waals surface area contributed by atoms with Crippen LogP contribution in [0.2, 0.25) is 0 Å². The number of benzene rings is 2. The van der Waals surface area contributed by atoms with Crippen LogP contribution in [0.25, 0.3) is 22.2 Å². The second-order valence-electron chi connectivity index (χ2n) is 7.26. The predicted molar refractivity (Wildman–Crippen MR) is 112 cm³/mol. The molecule has 1 aliphatic heterocycles. The minimum atomic E-state index is -3.55. The fraction of sp³-hybridized carbons (Fsp3) is 0.333. The Hall–Kier alpha value is -2.51. The van der Waals surface area contributed by atoms with Gasteiger partial charge in [-0.3, -0.25) is 4.98 Å². The van der Waals surface area contributed by atoms with Crippen molar-refractivity contribution in [3.63, 3.8) is 0 Å². The zero-order valence-corrected chi connectivity index (χ0v) is 17.0. The summed E-state index contributed by atoms with van der Waals surface area (Å²) >= 11 is 0. The van der Waals surface area contributed by atoms with E-state index in [0.717, 1.165) is 35.5 Å². The van der Waals surface area contributed by atoms with Crippen LogP contribution in [-0.2, 0) is 10.0 Å². The van der Waals surface area contributed by atoms with Crippen molar-refractivity contribution >= 4 is 26.9 Å². The van der Waals surface area contributed by atoms with Crippen molar-refractivity contribution in [1.29, 1.82) is 0 Å². The summed E-state index contributed by atoms with van der Waals surface area (Å²) in [6, 6.07) is 12.8. The molecule has 0 amide bonds. The SMILES string of the molecule is CN(C)S(=O)(=O)c1ccccc1-c1ccc2ncc(N3CCCCC3)nc2c1. The molecule has 3 aromatic rings. The summed E-state index contributed by atoms with van der Waals surface area (Å²) in [6.07, 6.45) is 5.45. The van der Waals surface area contributed by atoms with E-state index in [2.05, 4.69) is 9.88 Å². The number of nitrogens with zero attached hydrogens (tertiary/aromatic N) is 4. The van der Waals surface area contributed by atoms with Crippen molar-refractivity contribution in [3.05, 3.63) is 48.7 Å². The summed E-state index contributed by atoms with van der Waals surface area (Å²) in [7, 11) is -0.456. The van der Waals surface area contributed by atoms with Crippen LogP contribution in [0.4, 0.5) is 5.82 Å². The molecule has 0 N–H and O–H groups in total. The highest BCUT2D eigenvalue weighted by atomic mass is 32.2. The van der Waals surface area contributed by atoms with E-state index >= 15 is 0 Å². The fourth-order valence-corrected chi connectivity index (χ4v) is 4.68. The predicted octanol–water partition coefficient (Wildman–Crippen LogP) is 3.54. The fourth-order valence-electron chi connectivity index (χ4n) is 3.57. The highest BCUT2D eigenvalue weighted by molar-refractivity contribution is 7.89. The van der Waals surface area contributed by atoms with Crippen LogP contribution < -0.4 is 4.90 Å². The molecule has 0 unspecified atom stereocenters. The second kappa shape index (κ2) is 7.48. The van der Waals surface area contributed by atoms with Gasteiger partial charge in [-0.15, -0.1) is 0 Å². The molecule has 6 nitrogen and oxygen atoms in total. The van der Waals surface area contributed by atoms with Gasteiger partial charge in [0.2, 0.25) is 10.0 Å². The summed E-state index contributed by atoms with van der Waals surface area (Å²) < 4.78 is 26.7. The lowest BCUT2D eigenvalue weighted by molar-refractivity contribution is 0.521. The summed E-state index contributed by atoms with van der Waals surface area (Å²) in [4.78, 5) is 11.9. The molecule has 0 atom stereocenters. The lowest BCUT2D eigenvalue weighted by atomic mass is 10.0. The Kier molecular flexibility index (Phi) is 5.03. The molecule has 7 heteroatoms. The minimum absolute atomic E-state index is 0.291.